The van der Waals surface area contributed by atoms with Crippen LogP contribution in [0.4, 0.5) is 0 Å². The fourth-order valence-electron chi connectivity index (χ4n) is 3.27. The van der Waals surface area contributed by atoms with Crippen LogP contribution in [0.2, 0.25) is 0 Å². The molecular formula is C21H28N2O5. The predicted molar refractivity (Wildman–Crippen MR) is 104 cm³/mol. The summed E-state index contributed by atoms with van der Waals surface area (Å²) in [6.45, 7) is 3.46. The van der Waals surface area contributed by atoms with Gasteiger partial charge in [0.25, 0.3) is 5.91 Å². The van der Waals surface area contributed by atoms with E-state index < -0.39 is 0 Å². The topological polar surface area (TPSA) is 84.2 Å². The van der Waals surface area contributed by atoms with Crippen LogP contribution in [0.5, 0.6) is 5.75 Å². The number of hydrogen-bond acceptors (Lipinski definition) is 6. The number of rotatable bonds is 9. The van der Waals surface area contributed by atoms with Crippen LogP contribution in [0.25, 0.3) is 0 Å². The number of aliphatic hydroxyl groups excluding tert-OH is 1. The standard InChI is InChI=1S/C21H28N2O5/c1-26-12-9-22-21(25)16-3-2-4-18(13-16)27-17-7-10-23(11-8-17)14-19-5-6-20(15-24)28-19/h2-6,13,17,24H,7-12,14-15H2,1H3,(H,22,25). The summed E-state index contributed by atoms with van der Waals surface area (Å²) in [5.74, 6) is 2.06. The quantitative estimate of drug-likeness (QED) is 0.641. The van der Waals surface area contributed by atoms with Crippen molar-refractivity contribution in [2.24, 2.45) is 0 Å². The molecule has 2 aromatic rings. The number of furan rings is 1. The van der Waals surface area contributed by atoms with Crippen LogP contribution in [-0.4, -0.2) is 55.4 Å². The van der Waals surface area contributed by atoms with Gasteiger partial charge in [0.05, 0.1) is 13.2 Å². The van der Waals surface area contributed by atoms with Gasteiger partial charge in [-0.1, -0.05) is 6.07 Å². The van der Waals surface area contributed by atoms with Crippen LogP contribution in [-0.2, 0) is 17.9 Å². The fourth-order valence-corrected chi connectivity index (χ4v) is 3.27. The summed E-state index contributed by atoms with van der Waals surface area (Å²) in [5, 5.41) is 11.9. The number of carbonyl (C=O) groups excluding carboxylic acids is 1. The Labute approximate surface area is 165 Å². The Morgan fingerprint density at radius 1 is 1.25 bits per heavy atom. The minimum absolute atomic E-state index is 0.0701. The Hall–Kier alpha value is -2.35. The predicted octanol–water partition coefficient (Wildman–Crippen LogP) is 2.19. The Morgan fingerprint density at radius 3 is 2.75 bits per heavy atom. The van der Waals surface area contributed by atoms with Crippen molar-refractivity contribution in [1.82, 2.24) is 10.2 Å². The van der Waals surface area contributed by atoms with Crippen molar-refractivity contribution in [2.45, 2.75) is 32.1 Å². The fraction of sp³-hybridized carbons (Fsp3) is 0.476. The van der Waals surface area contributed by atoms with E-state index in [2.05, 4.69) is 10.2 Å². The zero-order chi connectivity index (χ0) is 19.8. The summed E-state index contributed by atoms with van der Waals surface area (Å²) < 4.78 is 16.6. The summed E-state index contributed by atoms with van der Waals surface area (Å²) in [5.41, 5.74) is 0.587. The third kappa shape index (κ3) is 5.82. The average Bonchev–Trinajstić information content (AvgIpc) is 3.17. The molecule has 3 rings (SSSR count). The molecule has 0 atom stereocenters. The molecule has 7 heteroatoms. The van der Waals surface area contributed by atoms with Gasteiger partial charge in [-0.15, -0.1) is 0 Å². The Balaban J connectivity index is 1.46. The van der Waals surface area contributed by atoms with E-state index in [-0.39, 0.29) is 18.6 Å². The highest BCUT2D eigenvalue weighted by Crippen LogP contribution is 2.21. The number of benzene rings is 1. The molecule has 1 aromatic heterocycles. The monoisotopic (exact) mass is 388 g/mol. The highest BCUT2D eigenvalue weighted by Gasteiger charge is 2.21. The SMILES string of the molecule is COCCNC(=O)c1cccc(OC2CCN(Cc3ccc(CO)o3)CC2)c1. The molecule has 7 nitrogen and oxygen atoms in total. The molecule has 1 aliphatic rings. The van der Waals surface area contributed by atoms with Gasteiger partial charge in [-0.05, 0) is 43.2 Å². The van der Waals surface area contributed by atoms with Gasteiger partial charge in [-0.3, -0.25) is 9.69 Å². The first-order valence-corrected chi connectivity index (χ1v) is 9.62. The molecule has 2 N–H and O–H groups in total. The van der Waals surface area contributed by atoms with Gasteiger partial charge in [0, 0.05) is 32.3 Å². The second-order valence-electron chi connectivity index (χ2n) is 6.90. The lowest BCUT2D eigenvalue weighted by Gasteiger charge is -2.31. The smallest absolute Gasteiger partial charge is 0.251 e. The van der Waals surface area contributed by atoms with Crippen LogP contribution in [0.3, 0.4) is 0 Å². The molecule has 28 heavy (non-hydrogen) atoms. The molecular weight excluding hydrogens is 360 g/mol. The zero-order valence-electron chi connectivity index (χ0n) is 16.2. The summed E-state index contributed by atoms with van der Waals surface area (Å²) in [6.07, 6.45) is 1.96. The zero-order valence-corrected chi connectivity index (χ0v) is 16.2. The maximum Gasteiger partial charge on any atom is 0.251 e. The van der Waals surface area contributed by atoms with Crippen LogP contribution < -0.4 is 10.1 Å². The van der Waals surface area contributed by atoms with Crippen LogP contribution in [0, 0.1) is 0 Å². The third-order valence-electron chi connectivity index (χ3n) is 4.78. The van der Waals surface area contributed by atoms with Crippen molar-refractivity contribution in [2.75, 3.05) is 33.4 Å². The summed E-state index contributed by atoms with van der Waals surface area (Å²) in [6, 6.07) is 11.0. The van der Waals surface area contributed by atoms with Crippen molar-refractivity contribution in [3.8, 4) is 5.75 Å². The van der Waals surface area contributed by atoms with Gasteiger partial charge >= 0.3 is 0 Å². The van der Waals surface area contributed by atoms with Gasteiger partial charge in [-0.25, -0.2) is 0 Å². The van der Waals surface area contributed by atoms with Crippen molar-refractivity contribution in [1.29, 1.82) is 0 Å². The van der Waals surface area contributed by atoms with E-state index >= 15 is 0 Å². The van der Waals surface area contributed by atoms with Gasteiger partial charge in [0.2, 0.25) is 0 Å². The number of ether oxygens (including phenoxy) is 2. The van der Waals surface area contributed by atoms with Crippen molar-refractivity contribution in [3.05, 3.63) is 53.5 Å². The lowest BCUT2D eigenvalue weighted by molar-refractivity contribution is 0.0906. The molecule has 1 aliphatic heterocycles. The van der Waals surface area contributed by atoms with Crippen LogP contribution in [0.1, 0.15) is 34.7 Å². The van der Waals surface area contributed by atoms with E-state index in [0.717, 1.165) is 44.0 Å². The number of methoxy groups -OCH3 is 1. The minimum atomic E-state index is -0.127. The average molecular weight is 388 g/mol. The van der Waals surface area contributed by atoms with E-state index in [1.54, 1.807) is 19.2 Å². The minimum Gasteiger partial charge on any atom is -0.490 e. The maximum atomic E-state index is 12.2. The number of nitrogens with zero attached hydrogens (tertiary/aromatic N) is 1. The summed E-state index contributed by atoms with van der Waals surface area (Å²) >= 11 is 0. The molecule has 0 saturated carbocycles. The summed E-state index contributed by atoms with van der Waals surface area (Å²) in [4.78, 5) is 14.5. The number of piperidine rings is 1. The molecule has 1 aromatic carbocycles. The molecule has 1 fully saturated rings. The lowest BCUT2D eigenvalue weighted by atomic mass is 10.1. The van der Waals surface area contributed by atoms with Crippen molar-refractivity contribution < 1.29 is 23.8 Å². The van der Waals surface area contributed by atoms with Gasteiger partial charge in [0.15, 0.2) is 0 Å². The maximum absolute atomic E-state index is 12.2. The number of hydrogen-bond donors (Lipinski definition) is 2. The molecule has 1 saturated heterocycles. The normalized spacial score (nSPS) is 15.5. The van der Waals surface area contributed by atoms with Gasteiger partial charge in [-0.2, -0.15) is 0 Å². The molecule has 0 unspecified atom stereocenters. The molecule has 0 spiro atoms. The molecule has 0 radical (unpaired) electrons. The van der Waals surface area contributed by atoms with Crippen LogP contribution in [0.15, 0.2) is 40.8 Å². The summed E-state index contributed by atoms with van der Waals surface area (Å²) in [7, 11) is 1.60. The second-order valence-corrected chi connectivity index (χ2v) is 6.90. The number of amides is 1. The molecule has 0 bridgehead atoms. The van der Waals surface area contributed by atoms with E-state index in [1.807, 2.05) is 24.3 Å². The van der Waals surface area contributed by atoms with E-state index in [4.69, 9.17) is 19.0 Å². The molecule has 152 valence electrons. The van der Waals surface area contributed by atoms with Crippen molar-refractivity contribution in [3.63, 3.8) is 0 Å². The molecule has 2 heterocycles. The number of nitrogens with one attached hydrogen (secondary N) is 1. The van der Waals surface area contributed by atoms with Gasteiger partial charge < -0.3 is 24.3 Å². The van der Waals surface area contributed by atoms with Gasteiger partial charge in [0.1, 0.15) is 30.0 Å². The largest absolute Gasteiger partial charge is 0.490 e. The first-order valence-electron chi connectivity index (χ1n) is 9.62. The number of aliphatic hydroxyl groups is 1. The Bertz CT molecular complexity index is 753. The Morgan fingerprint density at radius 2 is 2.04 bits per heavy atom. The van der Waals surface area contributed by atoms with E-state index in [0.29, 0.717) is 24.5 Å². The third-order valence-corrected chi connectivity index (χ3v) is 4.78. The highest BCUT2D eigenvalue weighted by atomic mass is 16.5. The highest BCUT2D eigenvalue weighted by molar-refractivity contribution is 5.94. The number of likely N-dealkylation sites (tertiary alicyclic amines) is 1. The molecule has 0 aliphatic carbocycles. The Kier molecular flexibility index (Phi) is 7.47. The first kappa shape index (κ1) is 20.4. The van der Waals surface area contributed by atoms with E-state index in [1.165, 1.54) is 0 Å². The second kappa shape index (κ2) is 10.3. The van der Waals surface area contributed by atoms with Crippen LogP contribution >= 0.6 is 0 Å². The first-order chi connectivity index (χ1) is 13.7. The molecule has 1 amide bonds. The lowest BCUT2D eigenvalue weighted by Crippen LogP contribution is -2.37. The van der Waals surface area contributed by atoms with Crippen molar-refractivity contribution >= 4 is 5.91 Å². The number of carbonyl (C=O) groups is 1. The van der Waals surface area contributed by atoms with E-state index in [9.17, 15) is 4.79 Å².